The molecule has 122 valence electrons. The summed E-state index contributed by atoms with van der Waals surface area (Å²) >= 11 is 6.49. The first-order chi connectivity index (χ1) is 11.4. The average molecular weight is 341 g/mol. The zero-order valence-electron chi connectivity index (χ0n) is 13.5. The van der Waals surface area contributed by atoms with Gasteiger partial charge in [0.15, 0.2) is 11.6 Å². The number of benzene rings is 2. The molecule has 24 heavy (non-hydrogen) atoms. The Morgan fingerprint density at radius 2 is 1.42 bits per heavy atom. The van der Waals surface area contributed by atoms with Crippen molar-refractivity contribution < 1.29 is 14.7 Å². The van der Waals surface area contributed by atoms with Crippen LogP contribution in [-0.4, -0.2) is 16.7 Å². The first kappa shape index (κ1) is 15.4. The van der Waals surface area contributed by atoms with E-state index in [-0.39, 0.29) is 39.4 Å². The van der Waals surface area contributed by atoms with Crippen molar-refractivity contribution in [3.05, 3.63) is 51.6 Å². The summed E-state index contributed by atoms with van der Waals surface area (Å²) < 4.78 is 0. The molecule has 3 nitrogen and oxygen atoms in total. The first-order valence-corrected chi connectivity index (χ1v) is 8.46. The molecule has 2 aromatic carbocycles. The van der Waals surface area contributed by atoms with Crippen LogP contribution in [0.2, 0.25) is 5.02 Å². The van der Waals surface area contributed by atoms with E-state index in [1.165, 1.54) is 5.57 Å². The number of hydrogen-bond acceptors (Lipinski definition) is 3. The number of carbonyl (C=O) groups excluding carboxylic acids is 2. The lowest BCUT2D eigenvalue weighted by Gasteiger charge is -2.36. The molecular weight excluding hydrogens is 324 g/mol. The molecule has 2 aliphatic rings. The van der Waals surface area contributed by atoms with Crippen LogP contribution < -0.4 is 0 Å². The normalized spacial score (nSPS) is 23.5. The Labute approximate surface area is 144 Å². The first-order valence-electron chi connectivity index (χ1n) is 8.08. The van der Waals surface area contributed by atoms with Gasteiger partial charge < -0.3 is 5.11 Å². The molecule has 0 amide bonds. The lowest BCUT2D eigenvalue weighted by atomic mass is 9.65. The number of fused-ring (bicyclic) bond motifs is 3. The van der Waals surface area contributed by atoms with Gasteiger partial charge in [0.25, 0.3) is 0 Å². The van der Waals surface area contributed by atoms with Gasteiger partial charge in [-0.25, -0.2) is 0 Å². The topological polar surface area (TPSA) is 54.4 Å². The van der Waals surface area contributed by atoms with E-state index in [9.17, 15) is 14.7 Å². The highest BCUT2D eigenvalue weighted by Crippen LogP contribution is 2.48. The number of aromatic hydroxyl groups is 1. The van der Waals surface area contributed by atoms with Crippen molar-refractivity contribution >= 4 is 33.9 Å². The van der Waals surface area contributed by atoms with Crippen LogP contribution in [0.4, 0.5) is 0 Å². The average Bonchev–Trinajstić information content (AvgIpc) is 2.57. The summed E-state index contributed by atoms with van der Waals surface area (Å²) in [7, 11) is 0. The third-order valence-electron chi connectivity index (χ3n) is 5.56. The minimum absolute atomic E-state index is 0.109. The summed E-state index contributed by atoms with van der Waals surface area (Å²) in [4.78, 5) is 26.2. The van der Waals surface area contributed by atoms with E-state index in [2.05, 4.69) is 0 Å². The van der Waals surface area contributed by atoms with Crippen LogP contribution >= 0.6 is 11.6 Å². The molecule has 0 bridgehead atoms. The Morgan fingerprint density at radius 3 is 2.00 bits per heavy atom. The summed E-state index contributed by atoms with van der Waals surface area (Å²) in [5.74, 6) is -1.16. The number of allylic oxidation sites excluding steroid dienone is 2. The van der Waals surface area contributed by atoms with Gasteiger partial charge in [-0.3, -0.25) is 9.59 Å². The van der Waals surface area contributed by atoms with Gasteiger partial charge in [-0.2, -0.15) is 0 Å². The van der Waals surface area contributed by atoms with Crippen LogP contribution in [0.5, 0.6) is 5.75 Å². The predicted octanol–water partition coefficient (Wildman–Crippen LogP) is 4.94. The highest BCUT2D eigenvalue weighted by molar-refractivity contribution is 6.41. The number of Topliss-reactive ketones (excluding diaryl/α,β-unsaturated/α-hetero) is 2. The molecule has 0 aliphatic heterocycles. The fourth-order valence-electron chi connectivity index (χ4n) is 4.06. The van der Waals surface area contributed by atoms with Crippen molar-refractivity contribution in [3.8, 4) is 5.75 Å². The van der Waals surface area contributed by atoms with Gasteiger partial charge in [-0.1, -0.05) is 47.0 Å². The number of phenolic OH excluding ortho intramolecular Hbond substituents is 1. The summed E-state index contributed by atoms with van der Waals surface area (Å²) in [6.45, 7) is 4.02. The molecule has 2 aromatic rings. The highest BCUT2D eigenvalue weighted by Gasteiger charge is 2.46. The molecular formula is C20H17ClO3. The van der Waals surface area contributed by atoms with Crippen molar-refractivity contribution in [1.82, 2.24) is 0 Å². The van der Waals surface area contributed by atoms with Gasteiger partial charge in [0.05, 0.1) is 16.1 Å². The Balaban J connectivity index is 2.03. The van der Waals surface area contributed by atoms with Gasteiger partial charge in [0.1, 0.15) is 5.75 Å². The molecule has 4 rings (SSSR count). The minimum atomic E-state index is -0.392. The number of phenols is 1. The second-order valence-corrected chi connectivity index (χ2v) is 7.25. The maximum Gasteiger partial charge on any atom is 0.171 e. The quantitative estimate of drug-likeness (QED) is 0.691. The fraction of sp³-hybridized carbons (Fsp3) is 0.300. The number of rotatable bonds is 0. The standard InChI is InChI=1S/C20H17ClO3/c1-9-7-13-14(8-10(9)2)20(24)16-15(19(13)23)17(21)11-5-3-4-6-12(11)18(16)22/h3-6,13-14,22H,7-8H2,1-2H3/t13-,14-/m1/s1. The fourth-order valence-corrected chi connectivity index (χ4v) is 4.42. The van der Waals surface area contributed by atoms with E-state index in [1.54, 1.807) is 24.3 Å². The zero-order valence-corrected chi connectivity index (χ0v) is 14.3. The third-order valence-corrected chi connectivity index (χ3v) is 5.95. The van der Waals surface area contributed by atoms with Crippen molar-refractivity contribution in [2.24, 2.45) is 11.8 Å². The predicted molar refractivity (Wildman–Crippen MR) is 93.9 cm³/mol. The van der Waals surface area contributed by atoms with Crippen LogP contribution in [0.1, 0.15) is 47.4 Å². The molecule has 2 atom stereocenters. The van der Waals surface area contributed by atoms with E-state index in [1.807, 2.05) is 13.8 Å². The Morgan fingerprint density at radius 1 is 0.917 bits per heavy atom. The number of hydrogen-bond donors (Lipinski definition) is 1. The van der Waals surface area contributed by atoms with E-state index < -0.39 is 5.92 Å². The highest BCUT2D eigenvalue weighted by atomic mass is 35.5. The van der Waals surface area contributed by atoms with Gasteiger partial charge >= 0.3 is 0 Å². The molecule has 4 heteroatoms. The van der Waals surface area contributed by atoms with Gasteiger partial charge in [-0.15, -0.1) is 0 Å². The Kier molecular flexibility index (Phi) is 3.33. The second-order valence-electron chi connectivity index (χ2n) is 6.87. The van der Waals surface area contributed by atoms with Crippen LogP contribution in [0.25, 0.3) is 10.8 Å². The van der Waals surface area contributed by atoms with Gasteiger partial charge in [-0.05, 0) is 26.7 Å². The zero-order chi connectivity index (χ0) is 17.2. The maximum atomic E-state index is 13.1. The lowest BCUT2D eigenvalue weighted by molar-refractivity contribution is 0.0719. The molecule has 1 N–H and O–H groups in total. The number of halogens is 1. The van der Waals surface area contributed by atoms with E-state index in [4.69, 9.17) is 11.6 Å². The van der Waals surface area contributed by atoms with Crippen LogP contribution in [0.3, 0.4) is 0 Å². The van der Waals surface area contributed by atoms with E-state index >= 15 is 0 Å². The monoisotopic (exact) mass is 340 g/mol. The van der Waals surface area contributed by atoms with Crippen molar-refractivity contribution in [2.75, 3.05) is 0 Å². The largest absolute Gasteiger partial charge is 0.507 e. The Hall–Kier alpha value is -2.13. The molecule has 0 heterocycles. The molecule has 0 unspecified atom stereocenters. The molecule has 0 spiro atoms. The number of carbonyl (C=O) groups is 2. The summed E-state index contributed by atoms with van der Waals surface area (Å²) in [5.41, 5.74) is 2.64. The Bertz CT molecular complexity index is 879. The third kappa shape index (κ3) is 1.91. The molecule has 0 saturated heterocycles. The smallest absolute Gasteiger partial charge is 0.171 e. The minimum Gasteiger partial charge on any atom is -0.507 e. The SMILES string of the molecule is CC1=C(C)C[C@H]2C(=O)c3c(c(O)c4ccccc4c3Cl)C(=O)[C@@H]2C1. The lowest BCUT2D eigenvalue weighted by Crippen LogP contribution is -2.39. The van der Waals surface area contributed by atoms with Crippen molar-refractivity contribution in [2.45, 2.75) is 26.7 Å². The van der Waals surface area contributed by atoms with E-state index in [0.29, 0.717) is 23.6 Å². The molecule has 0 fully saturated rings. The number of ketones is 2. The van der Waals surface area contributed by atoms with E-state index in [0.717, 1.165) is 5.57 Å². The summed E-state index contributed by atoms with van der Waals surface area (Å²) in [5, 5.41) is 12.1. The molecule has 2 aliphatic carbocycles. The second kappa shape index (κ2) is 5.18. The van der Waals surface area contributed by atoms with Gasteiger partial charge in [0.2, 0.25) is 0 Å². The molecule has 0 radical (unpaired) electrons. The molecule has 0 saturated carbocycles. The van der Waals surface area contributed by atoms with Crippen molar-refractivity contribution in [3.63, 3.8) is 0 Å². The molecule has 0 aromatic heterocycles. The van der Waals surface area contributed by atoms with Gasteiger partial charge in [0, 0.05) is 22.6 Å². The summed E-state index contributed by atoms with van der Waals surface area (Å²) in [6.07, 6.45) is 1.16. The summed E-state index contributed by atoms with van der Waals surface area (Å²) in [6, 6.07) is 7.06. The van der Waals surface area contributed by atoms with Crippen molar-refractivity contribution in [1.29, 1.82) is 0 Å². The maximum absolute atomic E-state index is 13.1. The van der Waals surface area contributed by atoms with Crippen LogP contribution in [0, 0.1) is 11.8 Å². The van der Waals surface area contributed by atoms with Crippen LogP contribution in [0.15, 0.2) is 35.4 Å². The van der Waals surface area contributed by atoms with Crippen LogP contribution in [-0.2, 0) is 0 Å².